The molecule has 82 valence electrons. The third kappa shape index (κ3) is 2.75. The third-order valence-electron chi connectivity index (χ3n) is 1.63. The van der Waals surface area contributed by atoms with Crippen LogP contribution in [0.3, 0.4) is 0 Å². The first kappa shape index (κ1) is 12.1. The van der Waals surface area contributed by atoms with Crippen molar-refractivity contribution >= 4 is 31.9 Å². The molecule has 1 rings (SSSR count). The molecule has 0 heterocycles. The van der Waals surface area contributed by atoms with E-state index in [2.05, 4.69) is 15.9 Å². The first-order valence-corrected chi connectivity index (χ1v) is 6.03. The molecular formula is C7H8BrN3O3S. The van der Waals surface area contributed by atoms with Crippen molar-refractivity contribution in [2.45, 2.75) is 4.90 Å². The zero-order valence-electron chi connectivity index (χ0n) is 7.40. The van der Waals surface area contributed by atoms with Gasteiger partial charge in [-0.2, -0.15) is 0 Å². The maximum absolute atomic E-state index is 11.1. The summed E-state index contributed by atoms with van der Waals surface area (Å²) >= 11 is 3.02. The Balaban J connectivity index is 3.36. The minimum absolute atomic E-state index is 0.115. The Hall–Kier alpha value is -0.960. The van der Waals surface area contributed by atoms with Crippen LogP contribution in [0.25, 0.3) is 0 Å². The number of amides is 1. The number of hydrogen-bond donors (Lipinski definition) is 3. The summed E-state index contributed by atoms with van der Waals surface area (Å²) in [5, 5.41) is 4.95. The Bertz CT molecular complexity index is 500. The van der Waals surface area contributed by atoms with Crippen molar-refractivity contribution in [3.63, 3.8) is 0 Å². The maximum Gasteiger partial charge on any atom is 0.265 e. The standard InChI is InChI=1S/C7H8BrN3O3S/c8-5-2-1-4(7(12)11-9)3-6(5)15(10,13)14/h1-3H,9H2,(H,11,12)(H2,10,13,14). The molecule has 0 spiro atoms. The molecule has 8 heteroatoms. The van der Waals surface area contributed by atoms with Crippen LogP contribution in [0, 0.1) is 0 Å². The SMILES string of the molecule is NNC(=O)c1ccc(Br)c(S(N)(=O)=O)c1. The molecule has 0 saturated heterocycles. The van der Waals surface area contributed by atoms with Crippen molar-refractivity contribution in [2.24, 2.45) is 11.0 Å². The van der Waals surface area contributed by atoms with Gasteiger partial charge in [-0.1, -0.05) is 0 Å². The molecule has 5 N–H and O–H groups in total. The molecule has 0 atom stereocenters. The number of nitrogen functional groups attached to an aromatic ring is 1. The van der Waals surface area contributed by atoms with Crippen LogP contribution in [0.4, 0.5) is 0 Å². The fourth-order valence-corrected chi connectivity index (χ4v) is 2.50. The number of benzene rings is 1. The van der Waals surface area contributed by atoms with Gasteiger partial charge in [0.05, 0.1) is 4.90 Å². The lowest BCUT2D eigenvalue weighted by Gasteiger charge is -2.04. The minimum Gasteiger partial charge on any atom is -0.290 e. The fourth-order valence-electron chi connectivity index (χ4n) is 0.946. The van der Waals surface area contributed by atoms with Crippen LogP contribution in [-0.4, -0.2) is 14.3 Å². The van der Waals surface area contributed by atoms with E-state index in [-0.39, 0.29) is 10.5 Å². The topological polar surface area (TPSA) is 115 Å². The molecule has 0 fully saturated rings. The number of nitrogens with two attached hydrogens (primary N) is 2. The molecule has 0 aliphatic rings. The molecule has 1 aromatic carbocycles. The Labute approximate surface area is 94.8 Å². The molecule has 1 aromatic rings. The summed E-state index contributed by atoms with van der Waals surface area (Å²) in [6.07, 6.45) is 0. The van der Waals surface area contributed by atoms with E-state index >= 15 is 0 Å². The monoisotopic (exact) mass is 293 g/mol. The Morgan fingerprint density at radius 3 is 2.47 bits per heavy atom. The van der Waals surface area contributed by atoms with Gasteiger partial charge in [0.25, 0.3) is 5.91 Å². The summed E-state index contributed by atoms with van der Waals surface area (Å²) in [4.78, 5) is 11.0. The smallest absolute Gasteiger partial charge is 0.265 e. The Morgan fingerprint density at radius 2 is 2.00 bits per heavy atom. The van der Waals surface area contributed by atoms with Gasteiger partial charge in [-0.15, -0.1) is 0 Å². The lowest BCUT2D eigenvalue weighted by atomic mass is 10.2. The van der Waals surface area contributed by atoms with Crippen molar-refractivity contribution in [3.05, 3.63) is 28.2 Å². The number of rotatable bonds is 2. The fraction of sp³-hybridized carbons (Fsp3) is 0. The third-order valence-corrected chi connectivity index (χ3v) is 3.54. The van der Waals surface area contributed by atoms with Crippen LogP contribution in [0.2, 0.25) is 0 Å². The second kappa shape index (κ2) is 4.27. The van der Waals surface area contributed by atoms with Crippen LogP contribution in [-0.2, 0) is 10.0 Å². The van der Waals surface area contributed by atoms with E-state index in [1.54, 1.807) is 0 Å². The molecule has 0 aliphatic heterocycles. The number of hydrogen-bond acceptors (Lipinski definition) is 4. The quantitative estimate of drug-likeness (QED) is 0.394. The predicted octanol–water partition coefficient (Wildman–Crippen LogP) is -0.300. The molecule has 0 bridgehead atoms. The summed E-state index contributed by atoms with van der Waals surface area (Å²) in [6.45, 7) is 0. The van der Waals surface area contributed by atoms with Gasteiger partial charge in [-0.3, -0.25) is 10.2 Å². The number of sulfonamides is 1. The number of carbonyl (C=O) groups is 1. The largest absolute Gasteiger partial charge is 0.290 e. The summed E-state index contributed by atoms with van der Waals surface area (Å²) in [6, 6.07) is 3.97. The maximum atomic E-state index is 11.1. The van der Waals surface area contributed by atoms with Gasteiger partial charge in [0.2, 0.25) is 10.0 Å². The van der Waals surface area contributed by atoms with Crippen LogP contribution in [0.1, 0.15) is 10.4 Å². The lowest BCUT2D eigenvalue weighted by Crippen LogP contribution is -2.30. The van der Waals surface area contributed by atoms with E-state index in [9.17, 15) is 13.2 Å². The van der Waals surface area contributed by atoms with E-state index in [4.69, 9.17) is 11.0 Å². The van der Waals surface area contributed by atoms with Crippen molar-refractivity contribution < 1.29 is 13.2 Å². The highest BCUT2D eigenvalue weighted by Gasteiger charge is 2.15. The zero-order chi connectivity index (χ0) is 11.6. The van der Waals surface area contributed by atoms with Gasteiger partial charge in [-0.25, -0.2) is 19.4 Å². The van der Waals surface area contributed by atoms with E-state index < -0.39 is 15.9 Å². The number of primary sulfonamides is 1. The molecule has 15 heavy (non-hydrogen) atoms. The zero-order valence-corrected chi connectivity index (χ0v) is 9.80. The van der Waals surface area contributed by atoms with Crippen LogP contribution < -0.4 is 16.4 Å². The number of halogens is 1. The van der Waals surface area contributed by atoms with Gasteiger partial charge >= 0.3 is 0 Å². The minimum atomic E-state index is -3.87. The van der Waals surface area contributed by atoms with Gasteiger partial charge < -0.3 is 0 Å². The molecule has 1 amide bonds. The van der Waals surface area contributed by atoms with Crippen molar-refractivity contribution in [2.75, 3.05) is 0 Å². The van der Waals surface area contributed by atoms with Gasteiger partial charge in [0, 0.05) is 10.0 Å². The van der Waals surface area contributed by atoms with Crippen LogP contribution in [0.15, 0.2) is 27.6 Å². The van der Waals surface area contributed by atoms with Crippen molar-refractivity contribution in [1.82, 2.24) is 5.43 Å². The second-order valence-corrected chi connectivity index (χ2v) is 5.05. The lowest BCUT2D eigenvalue weighted by molar-refractivity contribution is 0.0953. The Kier molecular flexibility index (Phi) is 3.45. The molecule has 0 radical (unpaired) electrons. The predicted molar refractivity (Wildman–Crippen MR) is 57.2 cm³/mol. The Morgan fingerprint density at radius 1 is 1.40 bits per heavy atom. The molecule has 0 unspecified atom stereocenters. The number of hydrazine groups is 1. The van der Waals surface area contributed by atoms with Crippen LogP contribution in [0.5, 0.6) is 0 Å². The molecule has 6 nitrogen and oxygen atoms in total. The normalized spacial score (nSPS) is 11.1. The van der Waals surface area contributed by atoms with Crippen molar-refractivity contribution in [3.8, 4) is 0 Å². The molecule has 0 aliphatic carbocycles. The highest BCUT2D eigenvalue weighted by molar-refractivity contribution is 9.10. The van der Waals surface area contributed by atoms with E-state index in [0.717, 1.165) is 6.07 Å². The second-order valence-electron chi connectivity index (χ2n) is 2.66. The van der Waals surface area contributed by atoms with Gasteiger partial charge in [0.15, 0.2) is 0 Å². The van der Waals surface area contributed by atoms with Gasteiger partial charge in [-0.05, 0) is 34.1 Å². The summed E-state index contributed by atoms with van der Waals surface area (Å²) < 4.78 is 22.5. The van der Waals surface area contributed by atoms with E-state index in [1.165, 1.54) is 12.1 Å². The van der Waals surface area contributed by atoms with Crippen LogP contribution >= 0.6 is 15.9 Å². The first-order chi connectivity index (χ1) is 6.86. The molecular weight excluding hydrogens is 286 g/mol. The average molecular weight is 294 g/mol. The highest BCUT2D eigenvalue weighted by Crippen LogP contribution is 2.21. The van der Waals surface area contributed by atoms with Crippen molar-refractivity contribution in [1.29, 1.82) is 0 Å². The number of nitrogens with one attached hydrogen (secondary N) is 1. The number of carbonyl (C=O) groups excluding carboxylic acids is 1. The van der Waals surface area contributed by atoms with E-state index in [1.807, 2.05) is 5.43 Å². The molecule has 0 saturated carbocycles. The van der Waals surface area contributed by atoms with Gasteiger partial charge in [0.1, 0.15) is 0 Å². The molecule has 0 aromatic heterocycles. The average Bonchev–Trinajstić information content (AvgIpc) is 2.15. The highest BCUT2D eigenvalue weighted by atomic mass is 79.9. The summed E-state index contributed by atoms with van der Waals surface area (Å²) in [5.74, 6) is 4.32. The first-order valence-electron chi connectivity index (χ1n) is 3.69. The summed E-state index contributed by atoms with van der Waals surface area (Å²) in [5.41, 5.74) is 2.00. The van der Waals surface area contributed by atoms with E-state index in [0.29, 0.717) is 4.47 Å². The summed E-state index contributed by atoms with van der Waals surface area (Å²) in [7, 11) is -3.87.